The highest BCUT2D eigenvalue weighted by Crippen LogP contribution is 2.14. The standard InChI is InChI=1S/C18H16F4N2O2/c1-24(17(26)14-3-2-4-15(19)9-14)10-12-5-7-13(8-6-12)16(25)23-11-18(20,21)22/h2-9H,10-11H2,1H3,(H,23,25). The van der Waals surface area contributed by atoms with Crippen LogP contribution in [0.25, 0.3) is 0 Å². The summed E-state index contributed by atoms with van der Waals surface area (Å²) in [7, 11) is 1.54. The molecular weight excluding hydrogens is 352 g/mol. The Kier molecular flexibility index (Phi) is 5.97. The molecule has 0 aliphatic rings. The number of carbonyl (C=O) groups is 2. The van der Waals surface area contributed by atoms with Gasteiger partial charge in [0.2, 0.25) is 0 Å². The lowest BCUT2D eigenvalue weighted by Gasteiger charge is -2.17. The van der Waals surface area contributed by atoms with Gasteiger partial charge in [-0.3, -0.25) is 9.59 Å². The van der Waals surface area contributed by atoms with Crippen LogP contribution in [0, 0.1) is 5.82 Å². The lowest BCUT2D eigenvalue weighted by atomic mass is 10.1. The van der Waals surface area contributed by atoms with E-state index < -0.39 is 24.4 Å². The third-order valence-corrected chi connectivity index (χ3v) is 3.50. The van der Waals surface area contributed by atoms with E-state index in [4.69, 9.17) is 0 Å². The molecule has 8 heteroatoms. The number of nitrogens with one attached hydrogen (secondary N) is 1. The molecule has 0 spiro atoms. The van der Waals surface area contributed by atoms with Crippen LogP contribution >= 0.6 is 0 Å². The lowest BCUT2D eigenvalue weighted by molar-refractivity contribution is -0.123. The number of hydrogen-bond donors (Lipinski definition) is 1. The van der Waals surface area contributed by atoms with E-state index >= 15 is 0 Å². The quantitative estimate of drug-likeness (QED) is 0.823. The summed E-state index contributed by atoms with van der Waals surface area (Å²) < 4.78 is 49.5. The van der Waals surface area contributed by atoms with Crippen LogP contribution < -0.4 is 5.32 Å². The van der Waals surface area contributed by atoms with Gasteiger partial charge in [0.1, 0.15) is 12.4 Å². The number of hydrogen-bond acceptors (Lipinski definition) is 2. The Labute approximate surface area is 147 Å². The highest BCUT2D eigenvalue weighted by molar-refractivity contribution is 5.94. The Hall–Kier alpha value is -2.90. The number of alkyl halides is 3. The van der Waals surface area contributed by atoms with Crippen LogP contribution in [0.2, 0.25) is 0 Å². The summed E-state index contributed by atoms with van der Waals surface area (Å²) in [5.41, 5.74) is 0.956. The van der Waals surface area contributed by atoms with Crippen LogP contribution in [0.15, 0.2) is 48.5 Å². The Morgan fingerprint density at radius 2 is 1.69 bits per heavy atom. The second-order valence-corrected chi connectivity index (χ2v) is 5.67. The van der Waals surface area contributed by atoms with Crippen molar-refractivity contribution in [2.45, 2.75) is 12.7 Å². The van der Waals surface area contributed by atoms with Gasteiger partial charge in [-0.25, -0.2) is 4.39 Å². The molecule has 0 aromatic heterocycles. The molecule has 0 unspecified atom stereocenters. The fourth-order valence-corrected chi connectivity index (χ4v) is 2.23. The zero-order valence-corrected chi connectivity index (χ0v) is 13.8. The van der Waals surface area contributed by atoms with E-state index in [1.807, 2.05) is 0 Å². The van der Waals surface area contributed by atoms with E-state index in [0.717, 1.165) is 6.07 Å². The maximum atomic E-state index is 13.2. The van der Waals surface area contributed by atoms with Gasteiger partial charge in [-0.15, -0.1) is 0 Å². The predicted octanol–water partition coefficient (Wildman–Crippen LogP) is 3.39. The van der Waals surface area contributed by atoms with E-state index in [9.17, 15) is 27.2 Å². The van der Waals surface area contributed by atoms with Crippen molar-refractivity contribution in [2.24, 2.45) is 0 Å². The minimum atomic E-state index is -4.48. The lowest BCUT2D eigenvalue weighted by Crippen LogP contribution is -2.33. The molecule has 0 saturated heterocycles. The van der Waals surface area contributed by atoms with Gasteiger partial charge in [0.05, 0.1) is 0 Å². The second kappa shape index (κ2) is 7.99. The number of carbonyl (C=O) groups excluding carboxylic acids is 2. The van der Waals surface area contributed by atoms with Crippen LogP contribution in [0.4, 0.5) is 17.6 Å². The third kappa shape index (κ3) is 5.58. The second-order valence-electron chi connectivity index (χ2n) is 5.67. The summed E-state index contributed by atoms with van der Waals surface area (Å²) >= 11 is 0. The Morgan fingerprint density at radius 1 is 1.04 bits per heavy atom. The zero-order chi connectivity index (χ0) is 19.3. The molecule has 0 radical (unpaired) electrons. The average molecular weight is 368 g/mol. The number of benzene rings is 2. The molecule has 1 N–H and O–H groups in total. The number of halogens is 4. The summed E-state index contributed by atoms with van der Waals surface area (Å²) in [6.45, 7) is -1.21. The molecule has 0 heterocycles. The molecule has 0 saturated carbocycles. The largest absolute Gasteiger partial charge is 0.405 e. The minimum Gasteiger partial charge on any atom is -0.343 e. The molecular formula is C18H16F4N2O2. The summed E-state index contributed by atoms with van der Waals surface area (Å²) in [6.07, 6.45) is -4.48. The van der Waals surface area contributed by atoms with Crippen molar-refractivity contribution in [2.75, 3.05) is 13.6 Å². The molecule has 138 valence electrons. The summed E-state index contributed by atoms with van der Waals surface area (Å²) in [5, 5.41) is 1.78. The molecule has 26 heavy (non-hydrogen) atoms. The Bertz CT molecular complexity index is 789. The highest BCUT2D eigenvalue weighted by atomic mass is 19.4. The number of amides is 2. The van der Waals surface area contributed by atoms with Crippen LogP contribution in [0.5, 0.6) is 0 Å². The van der Waals surface area contributed by atoms with Crippen molar-refractivity contribution in [3.8, 4) is 0 Å². The summed E-state index contributed by atoms with van der Waals surface area (Å²) in [5.74, 6) is -1.73. The Morgan fingerprint density at radius 3 is 2.27 bits per heavy atom. The first kappa shape index (κ1) is 19.4. The molecule has 0 atom stereocenters. The maximum Gasteiger partial charge on any atom is 0.405 e. The monoisotopic (exact) mass is 368 g/mol. The van der Waals surface area contributed by atoms with Crippen molar-refractivity contribution in [1.82, 2.24) is 10.2 Å². The van der Waals surface area contributed by atoms with Gasteiger partial charge >= 0.3 is 6.18 Å². The molecule has 0 aliphatic heterocycles. The number of nitrogens with zero attached hydrogens (tertiary/aromatic N) is 1. The van der Waals surface area contributed by atoms with Gasteiger partial charge in [-0.05, 0) is 35.9 Å². The van der Waals surface area contributed by atoms with Gasteiger partial charge in [-0.1, -0.05) is 18.2 Å². The first-order chi connectivity index (χ1) is 12.2. The van der Waals surface area contributed by atoms with Gasteiger partial charge in [0.15, 0.2) is 0 Å². The van der Waals surface area contributed by atoms with E-state index in [0.29, 0.717) is 5.56 Å². The van der Waals surface area contributed by atoms with Crippen molar-refractivity contribution in [1.29, 1.82) is 0 Å². The van der Waals surface area contributed by atoms with Crippen LogP contribution in [0.1, 0.15) is 26.3 Å². The van der Waals surface area contributed by atoms with Crippen molar-refractivity contribution in [3.05, 3.63) is 71.0 Å². The molecule has 2 aromatic rings. The molecule has 4 nitrogen and oxygen atoms in total. The fraction of sp³-hybridized carbons (Fsp3) is 0.222. The predicted molar refractivity (Wildman–Crippen MR) is 87.0 cm³/mol. The van der Waals surface area contributed by atoms with Crippen molar-refractivity contribution < 1.29 is 27.2 Å². The third-order valence-electron chi connectivity index (χ3n) is 3.50. The highest BCUT2D eigenvalue weighted by Gasteiger charge is 2.27. The fourth-order valence-electron chi connectivity index (χ4n) is 2.23. The van der Waals surface area contributed by atoms with Crippen LogP contribution in [-0.4, -0.2) is 36.5 Å². The molecule has 0 aliphatic carbocycles. The molecule has 2 amide bonds. The zero-order valence-electron chi connectivity index (χ0n) is 13.8. The van der Waals surface area contributed by atoms with E-state index in [1.165, 1.54) is 54.4 Å². The molecule has 0 fully saturated rings. The number of rotatable bonds is 5. The van der Waals surface area contributed by atoms with Crippen molar-refractivity contribution >= 4 is 11.8 Å². The first-order valence-corrected chi connectivity index (χ1v) is 7.60. The molecule has 0 bridgehead atoms. The van der Waals surface area contributed by atoms with Gasteiger partial charge in [0.25, 0.3) is 11.8 Å². The normalized spacial score (nSPS) is 11.1. The van der Waals surface area contributed by atoms with Crippen LogP contribution in [0.3, 0.4) is 0 Å². The van der Waals surface area contributed by atoms with Gasteiger partial charge in [-0.2, -0.15) is 13.2 Å². The SMILES string of the molecule is CN(Cc1ccc(C(=O)NCC(F)(F)F)cc1)C(=O)c1cccc(F)c1. The van der Waals surface area contributed by atoms with E-state index in [2.05, 4.69) is 0 Å². The smallest absolute Gasteiger partial charge is 0.343 e. The van der Waals surface area contributed by atoms with E-state index in [1.54, 1.807) is 5.32 Å². The first-order valence-electron chi connectivity index (χ1n) is 7.60. The van der Waals surface area contributed by atoms with Crippen LogP contribution in [-0.2, 0) is 6.54 Å². The average Bonchev–Trinajstić information content (AvgIpc) is 2.59. The minimum absolute atomic E-state index is 0.0807. The molecule has 2 rings (SSSR count). The van der Waals surface area contributed by atoms with Crippen molar-refractivity contribution in [3.63, 3.8) is 0 Å². The maximum absolute atomic E-state index is 13.2. The van der Waals surface area contributed by atoms with E-state index in [-0.39, 0.29) is 23.6 Å². The molecule has 2 aromatic carbocycles. The summed E-state index contributed by atoms with van der Waals surface area (Å²) in [4.78, 5) is 25.3. The topological polar surface area (TPSA) is 49.4 Å². The summed E-state index contributed by atoms with van der Waals surface area (Å²) in [6, 6.07) is 11.1. The Balaban J connectivity index is 1.98. The van der Waals surface area contributed by atoms with Gasteiger partial charge in [0, 0.05) is 24.7 Å². The van der Waals surface area contributed by atoms with Gasteiger partial charge < -0.3 is 10.2 Å².